The molecule has 0 unspecified atom stereocenters. The van der Waals surface area contributed by atoms with Gasteiger partial charge in [-0.3, -0.25) is 0 Å². The molecule has 19 heavy (non-hydrogen) atoms. The van der Waals surface area contributed by atoms with Crippen molar-refractivity contribution in [3.8, 4) is 0 Å². The molecule has 1 aliphatic rings. The molecule has 1 heterocycles. The smallest absolute Gasteiger partial charge is 0.407 e. The van der Waals surface area contributed by atoms with Crippen molar-refractivity contribution >= 4 is 17.5 Å². The Bertz CT molecular complexity index is 527. The van der Waals surface area contributed by atoms with E-state index in [2.05, 4.69) is 14.9 Å². The minimum absolute atomic E-state index is 0.0608. The van der Waals surface area contributed by atoms with Crippen molar-refractivity contribution in [3.63, 3.8) is 0 Å². The second-order valence-electron chi connectivity index (χ2n) is 4.48. The van der Waals surface area contributed by atoms with Crippen molar-refractivity contribution in [1.29, 1.82) is 0 Å². The average Bonchev–Trinajstić information content (AvgIpc) is 2.39. The van der Waals surface area contributed by atoms with Crippen LogP contribution in [0.3, 0.4) is 0 Å². The molecule has 1 saturated heterocycles. The van der Waals surface area contributed by atoms with E-state index in [1.54, 1.807) is 6.07 Å². The van der Waals surface area contributed by atoms with E-state index in [1.807, 2.05) is 25.1 Å². The van der Waals surface area contributed by atoms with E-state index in [-0.39, 0.29) is 6.04 Å². The summed E-state index contributed by atoms with van der Waals surface area (Å²) in [6.45, 7) is 3.63. The Balaban J connectivity index is 2.14. The zero-order valence-electron chi connectivity index (χ0n) is 10.6. The maximum absolute atomic E-state index is 11.0. The van der Waals surface area contributed by atoms with E-state index in [0.29, 0.717) is 25.3 Å². The summed E-state index contributed by atoms with van der Waals surface area (Å²) in [5.41, 5.74) is 9.94. The minimum atomic E-state index is -0.880. The molecule has 1 amide bonds. The number of azide groups is 1. The van der Waals surface area contributed by atoms with Gasteiger partial charge in [-0.2, -0.15) is 0 Å². The SMILES string of the molecule is C[C@H]1CN(c2cccc(N=[N+]=[N-])c2)CCN1C(=O)O. The summed E-state index contributed by atoms with van der Waals surface area (Å²) in [6, 6.07) is 7.24. The first-order chi connectivity index (χ1) is 9.11. The molecule has 0 aliphatic carbocycles. The molecular formula is C12H15N5O2. The highest BCUT2D eigenvalue weighted by Crippen LogP contribution is 2.24. The number of hydrogen-bond acceptors (Lipinski definition) is 3. The summed E-state index contributed by atoms with van der Waals surface area (Å²) >= 11 is 0. The van der Waals surface area contributed by atoms with Gasteiger partial charge in [0.15, 0.2) is 0 Å². The molecular weight excluding hydrogens is 246 g/mol. The van der Waals surface area contributed by atoms with Crippen LogP contribution < -0.4 is 4.90 Å². The Labute approximate surface area is 110 Å². The number of piperazine rings is 1. The highest BCUT2D eigenvalue weighted by molar-refractivity contribution is 5.66. The van der Waals surface area contributed by atoms with E-state index in [1.165, 1.54) is 4.90 Å². The fourth-order valence-corrected chi connectivity index (χ4v) is 2.28. The van der Waals surface area contributed by atoms with Crippen molar-refractivity contribution in [2.45, 2.75) is 13.0 Å². The summed E-state index contributed by atoms with van der Waals surface area (Å²) < 4.78 is 0. The molecule has 1 aliphatic heterocycles. The second-order valence-corrected chi connectivity index (χ2v) is 4.48. The fraction of sp³-hybridized carbons (Fsp3) is 0.417. The number of anilines is 1. The van der Waals surface area contributed by atoms with Crippen LogP contribution in [-0.2, 0) is 0 Å². The number of carboxylic acid groups (broad SMARTS) is 1. The number of hydrogen-bond donors (Lipinski definition) is 1. The van der Waals surface area contributed by atoms with Crippen molar-refractivity contribution in [3.05, 3.63) is 34.7 Å². The molecule has 2 rings (SSSR count). The predicted molar refractivity (Wildman–Crippen MR) is 71.7 cm³/mol. The largest absolute Gasteiger partial charge is 0.465 e. The van der Waals surface area contributed by atoms with Gasteiger partial charge in [0, 0.05) is 42.0 Å². The van der Waals surface area contributed by atoms with Gasteiger partial charge in [-0.1, -0.05) is 17.2 Å². The lowest BCUT2D eigenvalue weighted by Crippen LogP contribution is -2.53. The Kier molecular flexibility index (Phi) is 3.77. The molecule has 0 saturated carbocycles. The van der Waals surface area contributed by atoms with Gasteiger partial charge in [0.25, 0.3) is 0 Å². The van der Waals surface area contributed by atoms with E-state index in [9.17, 15) is 4.79 Å². The van der Waals surface area contributed by atoms with Crippen LogP contribution in [0, 0.1) is 0 Å². The summed E-state index contributed by atoms with van der Waals surface area (Å²) in [6.07, 6.45) is -0.880. The van der Waals surface area contributed by atoms with E-state index < -0.39 is 6.09 Å². The molecule has 7 heteroatoms. The van der Waals surface area contributed by atoms with Gasteiger partial charge in [-0.15, -0.1) is 0 Å². The van der Waals surface area contributed by atoms with Gasteiger partial charge in [0.1, 0.15) is 0 Å². The first-order valence-corrected chi connectivity index (χ1v) is 6.01. The van der Waals surface area contributed by atoms with Crippen LogP contribution in [0.25, 0.3) is 10.4 Å². The molecule has 100 valence electrons. The number of nitrogens with zero attached hydrogens (tertiary/aromatic N) is 5. The standard InChI is InChI=1S/C12H15N5O2/c1-9-8-16(5-6-17(9)12(18)19)11-4-2-3-10(7-11)14-15-13/h2-4,7,9H,5-6,8H2,1H3,(H,18,19)/t9-/m0/s1. The second kappa shape index (κ2) is 5.49. The van der Waals surface area contributed by atoms with Crippen LogP contribution in [0.1, 0.15) is 6.92 Å². The minimum Gasteiger partial charge on any atom is -0.465 e. The third-order valence-corrected chi connectivity index (χ3v) is 3.23. The Hall–Kier alpha value is -2.40. The van der Waals surface area contributed by atoms with Crippen LogP contribution in [0.5, 0.6) is 0 Å². The van der Waals surface area contributed by atoms with Crippen LogP contribution in [-0.4, -0.2) is 41.8 Å². The monoisotopic (exact) mass is 261 g/mol. The van der Waals surface area contributed by atoms with Gasteiger partial charge >= 0.3 is 6.09 Å². The summed E-state index contributed by atoms with van der Waals surface area (Å²) in [5.74, 6) is 0. The Morgan fingerprint density at radius 2 is 2.32 bits per heavy atom. The maximum Gasteiger partial charge on any atom is 0.407 e. The molecule has 1 fully saturated rings. The Morgan fingerprint density at radius 1 is 1.53 bits per heavy atom. The average molecular weight is 261 g/mol. The third-order valence-electron chi connectivity index (χ3n) is 3.23. The molecule has 0 bridgehead atoms. The van der Waals surface area contributed by atoms with E-state index in [4.69, 9.17) is 10.6 Å². The molecule has 0 radical (unpaired) electrons. The topological polar surface area (TPSA) is 92.5 Å². The van der Waals surface area contributed by atoms with Gasteiger partial charge in [0.2, 0.25) is 0 Å². The quantitative estimate of drug-likeness (QED) is 0.504. The molecule has 1 N–H and O–H groups in total. The van der Waals surface area contributed by atoms with Crippen molar-refractivity contribution < 1.29 is 9.90 Å². The van der Waals surface area contributed by atoms with Crippen LogP contribution in [0.2, 0.25) is 0 Å². The molecule has 7 nitrogen and oxygen atoms in total. The fourth-order valence-electron chi connectivity index (χ4n) is 2.28. The molecule has 0 aromatic heterocycles. The van der Waals surface area contributed by atoms with E-state index >= 15 is 0 Å². The molecule has 1 aromatic rings. The highest BCUT2D eigenvalue weighted by atomic mass is 16.4. The Morgan fingerprint density at radius 3 is 2.95 bits per heavy atom. The maximum atomic E-state index is 11.0. The normalized spacial score (nSPS) is 18.9. The van der Waals surface area contributed by atoms with Crippen LogP contribution >= 0.6 is 0 Å². The third kappa shape index (κ3) is 2.89. The summed E-state index contributed by atoms with van der Waals surface area (Å²) in [5, 5.41) is 12.6. The van der Waals surface area contributed by atoms with Gasteiger partial charge in [-0.25, -0.2) is 4.79 Å². The number of amides is 1. The molecule has 1 aromatic carbocycles. The van der Waals surface area contributed by atoms with Crippen molar-refractivity contribution in [1.82, 2.24) is 4.90 Å². The van der Waals surface area contributed by atoms with Gasteiger partial charge in [0.05, 0.1) is 0 Å². The number of rotatable bonds is 2. The summed E-state index contributed by atoms with van der Waals surface area (Å²) in [7, 11) is 0. The zero-order valence-corrected chi connectivity index (χ0v) is 10.6. The highest BCUT2D eigenvalue weighted by Gasteiger charge is 2.27. The van der Waals surface area contributed by atoms with Gasteiger partial charge < -0.3 is 14.9 Å². The predicted octanol–water partition coefficient (Wildman–Crippen LogP) is 2.82. The summed E-state index contributed by atoms with van der Waals surface area (Å²) in [4.78, 5) is 17.3. The van der Waals surface area contributed by atoms with E-state index in [0.717, 1.165) is 5.69 Å². The zero-order chi connectivity index (χ0) is 13.8. The number of benzene rings is 1. The molecule has 0 spiro atoms. The number of carbonyl (C=O) groups is 1. The first kappa shape index (κ1) is 13.0. The van der Waals surface area contributed by atoms with Crippen LogP contribution in [0.15, 0.2) is 29.4 Å². The first-order valence-electron chi connectivity index (χ1n) is 6.01. The lowest BCUT2D eigenvalue weighted by atomic mass is 10.1. The lowest BCUT2D eigenvalue weighted by Gasteiger charge is -2.39. The lowest BCUT2D eigenvalue weighted by molar-refractivity contribution is 0.122. The van der Waals surface area contributed by atoms with Crippen LogP contribution in [0.4, 0.5) is 16.2 Å². The van der Waals surface area contributed by atoms with Crippen molar-refractivity contribution in [2.24, 2.45) is 5.11 Å². The van der Waals surface area contributed by atoms with Gasteiger partial charge in [-0.05, 0) is 24.6 Å². The molecule has 1 atom stereocenters. The van der Waals surface area contributed by atoms with Crippen molar-refractivity contribution in [2.75, 3.05) is 24.5 Å².